The normalized spacial score (nSPS) is 14.9. The van der Waals surface area contributed by atoms with E-state index in [9.17, 15) is 4.79 Å². The first-order valence-electron chi connectivity index (χ1n) is 12.5. The Morgan fingerprint density at radius 1 is 1.24 bits per heavy atom. The topological polar surface area (TPSA) is 105 Å². The van der Waals surface area contributed by atoms with Crippen LogP contribution in [0.4, 0.5) is 5.95 Å². The van der Waals surface area contributed by atoms with Crippen LogP contribution in [0.5, 0.6) is 5.75 Å². The number of hydrogen-bond acceptors (Lipinski definition) is 7. The maximum Gasteiger partial charge on any atom is 0.270 e. The summed E-state index contributed by atoms with van der Waals surface area (Å²) in [6.45, 7) is 12.2. The Bertz CT molecular complexity index is 912. The summed E-state index contributed by atoms with van der Waals surface area (Å²) in [7, 11) is 0. The van der Waals surface area contributed by atoms with E-state index < -0.39 is 0 Å². The Labute approximate surface area is 203 Å². The lowest BCUT2D eigenvalue weighted by Gasteiger charge is -2.32. The monoisotopic (exact) mass is 468 g/mol. The number of nitrogens with zero attached hydrogens (tertiary/aromatic N) is 3. The van der Waals surface area contributed by atoms with Crippen molar-refractivity contribution in [2.45, 2.75) is 46.0 Å². The van der Waals surface area contributed by atoms with Crippen LogP contribution in [0.3, 0.4) is 0 Å². The molecular weight excluding hydrogens is 428 g/mol. The molecule has 0 atom stereocenters. The summed E-state index contributed by atoms with van der Waals surface area (Å²) in [4.78, 5) is 23.0. The number of hydrogen-bond donors (Lipinski definition) is 3. The van der Waals surface area contributed by atoms with Crippen LogP contribution in [0, 0.1) is 12.8 Å². The molecule has 1 aliphatic rings. The second-order valence-corrected chi connectivity index (χ2v) is 9.38. The molecule has 1 amide bonds. The Morgan fingerprint density at radius 2 is 2.03 bits per heavy atom. The van der Waals surface area contributed by atoms with Crippen LogP contribution < -0.4 is 21.1 Å². The standard InChI is InChI=1S/C26H40N6O2/c1-19(2)22-6-5-20(3)17-24(22)34-18-21-8-15-32(16-9-21)14-4-11-29-26-30-12-7-23(31-26)25(33)28-13-10-27/h5-7,12,17,19,21H,4,8-11,13-16,18,27H2,1-3H3,(H,28,33)(H,29,30,31). The van der Waals surface area contributed by atoms with Gasteiger partial charge in [-0.2, -0.15) is 0 Å². The molecule has 8 heteroatoms. The zero-order valence-electron chi connectivity index (χ0n) is 20.8. The van der Waals surface area contributed by atoms with Gasteiger partial charge in [0.2, 0.25) is 5.95 Å². The third-order valence-electron chi connectivity index (χ3n) is 6.23. The molecule has 0 bridgehead atoms. The number of ether oxygens (including phenoxy) is 1. The molecule has 2 aromatic rings. The van der Waals surface area contributed by atoms with Crippen molar-refractivity contribution < 1.29 is 9.53 Å². The number of aryl methyl sites for hydroxylation is 1. The second-order valence-electron chi connectivity index (χ2n) is 9.38. The van der Waals surface area contributed by atoms with Gasteiger partial charge in [0.15, 0.2) is 0 Å². The highest BCUT2D eigenvalue weighted by Crippen LogP contribution is 2.29. The molecular formula is C26H40N6O2. The third-order valence-corrected chi connectivity index (χ3v) is 6.23. The van der Waals surface area contributed by atoms with Gasteiger partial charge in [-0.05, 0) is 80.9 Å². The summed E-state index contributed by atoms with van der Waals surface area (Å²) in [5.41, 5.74) is 8.31. The van der Waals surface area contributed by atoms with Gasteiger partial charge < -0.3 is 26.0 Å². The molecule has 34 heavy (non-hydrogen) atoms. The quantitative estimate of drug-likeness (QED) is 0.411. The van der Waals surface area contributed by atoms with Crippen molar-refractivity contribution in [2.24, 2.45) is 11.7 Å². The first-order chi connectivity index (χ1) is 16.5. The molecule has 4 N–H and O–H groups in total. The molecule has 1 aromatic carbocycles. The van der Waals surface area contributed by atoms with E-state index in [1.807, 2.05) is 0 Å². The van der Waals surface area contributed by atoms with E-state index >= 15 is 0 Å². The van der Waals surface area contributed by atoms with Crippen LogP contribution in [-0.4, -0.2) is 66.7 Å². The van der Waals surface area contributed by atoms with Gasteiger partial charge in [0.1, 0.15) is 11.4 Å². The van der Waals surface area contributed by atoms with Crippen LogP contribution in [0.25, 0.3) is 0 Å². The highest BCUT2D eigenvalue weighted by Gasteiger charge is 2.20. The van der Waals surface area contributed by atoms with Gasteiger partial charge in [-0.25, -0.2) is 9.97 Å². The number of anilines is 1. The maximum absolute atomic E-state index is 12.0. The average molecular weight is 469 g/mol. The number of amides is 1. The Kier molecular flexibility index (Phi) is 10.1. The van der Waals surface area contributed by atoms with Gasteiger partial charge in [-0.3, -0.25) is 4.79 Å². The fourth-order valence-electron chi connectivity index (χ4n) is 4.18. The minimum atomic E-state index is -0.231. The molecule has 0 radical (unpaired) electrons. The molecule has 0 aliphatic carbocycles. The van der Waals surface area contributed by atoms with Gasteiger partial charge in [0.25, 0.3) is 5.91 Å². The molecule has 8 nitrogen and oxygen atoms in total. The van der Waals surface area contributed by atoms with E-state index in [0.717, 1.165) is 45.0 Å². The number of aromatic nitrogens is 2. The van der Waals surface area contributed by atoms with Gasteiger partial charge in [0, 0.05) is 25.8 Å². The molecule has 1 fully saturated rings. The smallest absolute Gasteiger partial charge is 0.270 e. The molecule has 186 valence electrons. The lowest BCUT2D eigenvalue weighted by atomic mass is 9.97. The summed E-state index contributed by atoms with van der Waals surface area (Å²) < 4.78 is 6.27. The lowest BCUT2D eigenvalue weighted by molar-refractivity contribution is 0.0949. The first-order valence-corrected chi connectivity index (χ1v) is 12.5. The minimum absolute atomic E-state index is 0.231. The van der Waals surface area contributed by atoms with Crippen molar-refractivity contribution in [1.29, 1.82) is 0 Å². The first kappa shape index (κ1) is 25.9. The molecule has 0 saturated carbocycles. The number of benzene rings is 1. The summed E-state index contributed by atoms with van der Waals surface area (Å²) in [6.07, 6.45) is 4.92. The highest BCUT2D eigenvalue weighted by atomic mass is 16.5. The summed E-state index contributed by atoms with van der Waals surface area (Å²) >= 11 is 0. The van der Waals surface area contributed by atoms with Gasteiger partial charge in [-0.15, -0.1) is 0 Å². The van der Waals surface area contributed by atoms with E-state index in [2.05, 4.69) is 64.5 Å². The fraction of sp³-hybridized carbons (Fsp3) is 0.577. The molecule has 0 spiro atoms. The number of piperidine rings is 1. The van der Waals surface area contributed by atoms with Crippen molar-refractivity contribution >= 4 is 11.9 Å². The van der Waals surface area contributed by atoms with Crippen molar-refractivity contribution in [1.82, 2.24) is 20.2 Å². The van der Waals surface area contributed by atoms with Crippen LogP contribution in [0.15, 0.2) is 30.5 Å². The number of carbonyl (C=O) groups is 1. The second kappa shape index (κ2) is 13.2. The summed E-state index contributed by atoms with van der Waals surface area (Å²) in [5, 5.41) is 5.95. The van der Waals surface area contributed by atoms with E-state index in [-0.39, 0.29) is 5.91 Å². The number of nitrogens with two attached hydrogens (primary N) is 1. The zero-order chi connectivity index (χ0) is 24.3. The average Bonchev–Trinajstić information content (AvgIpc) is 2.84. The molecule has 1 aliphatic heterocycles. The fourth-order valence-corrected chi connectivity index (χ4v) is 4.18. The number of nitrogens with one attached hydrogen (secondary N) is 2. The number of likely N-dealkylation sites (tertiary alicyclic amines) is 1. The van der Waals surface area contributed by atoms with Crippen molar-refractivity contribution in [2.75, 3.05) is 51.2 Å². The van der Waals surface area contributed by atoms with E-state index in [1.165, 1.54) is 24.0 Å². The van der Waals surface area contributed by atoms with Crippen molar-refractivity contribution in [3.05, 3.63) is 47.3 Å². The summed E-state index contributed by atoms with van der Waals surface area (Å²) in [5.74, 6) is 2.37. The maximum atomic E-state index is 12.0. The SMILES string of the molecule is Cc1ccc(C(C)C)c(OCC2CCN(CCCNc3nccc(C(=O)NCCN)n3)CC2)c1. The molecule has 3 rings (SSSR count). The van der Waals surface area contributed by atoms with Crippen molar-refractivity contribution in [3.63, 3.8) is 0 Å². The number of rotatable bonds is 12. The van der Waals surface area contributed by atoms with Crippen LogP contribution in [-0.2, 0) is 0 Å². The summed E-state index contributed by atoms with van der Waals surface area (Å²) in [6, 6.07) is 8.14. The van der Waals surface area contributed by atoms with E-state index in [4.69, 9.17) is 10.5 Å². The Balaban J connectivity index is 1.34. The van der Waals surface area contributed by atoms with Gasteiger partial charge >= 0.3 is 0 Å². The zero-order valence-corrected chi connectivity index (χ0v) is 20.8. The van der Waals surface area contributed by atoms with Crippen LogP contribution >= 0.6 is 0 Å². The highest BCUT2D eigenvalue weighted by molar-refractivity contribution is 5.92. The minimum Gasteiger partial charge on any atom is -0.493 e. The van der Waals surface area contributed by atoms with Crippen molar-refractivity contribution in [3.8, 4) is 5.75 Å². The molecule has 2 heterocycles. The number of carbonyl (C=O) groups excluding carboxylic acids is 1. The van der Waals surface area contributed by atoms with E-state index in [1.54, 1.807) is 12.3 Å². The van der Waals surface area contributed by atoms with Crippen LogP contribution in [0.2, 0.25) is 0 Å². The predicted molar refractivity (Wildman–Crippen MR) is 136 cm³/mol. The predicted octanol–water partition coefficient (Wildman–Crippen LogP) is 3.19. The molecule has 0 unspecified atom stereocenters. The van der Waals surface area contributed by atoms with E-state index in [0.29, 0.717) is 36.6 Å². The molecule has 1 saturated heterocycles. The van der Waals surface area contributed by atoms with Gasteiger partial charge in [0.05, 0.1) is 6.61 Å². The Morgan fingerprint density at radius 3 is 2.76 bits per heavy atom. The largest absolute Gasteiger partial charge is 0.493 e. The lowest BCUT2D eigenvalue weighted by Crippen LogP contribution is -2.36. The Hall–Kier alpha value is -2.71. The van der Waals surface area contributed by atoms with Crippen LogP contribution in [0.1, 0.15) is 60.6 Å². The van der Waals surface area contributed by atoms with Gasteiger partial charge in [-0.1, -0.05) is 26.0 Å². The third kappa shape index (κ3) is 7.95. The molecule has 1 aromatic heterocycles.